The molecule has 1 aliphatic rings. The van der Waals surface area contributed by atoms with Crippen molar-refractivity contribution in [3.8, 4) is 11.5 Å². The van der Waals surface area contributed by atoms with E-state index >= 15 is 0 Å². The van der Waals surface area contributed by atoms with Gasteiger partial charge in [-0.05, 0) is 73.0 Å². The summed E-state index contributed by atoms with van der Waals surface area (Å²) in [7, 11) is -2.37. The lowest BCUT2D eigenvalue weighted by molar-refractivity contribution is -0.122. The number of unbranched alkanes of at least 4 members (excludes halogenated alkanes) is 2. The number of thioether (sulfide) groups is 1. The van der Waals surface area contributed by atoms with Crippen molar-refractivity contribution in [3.05, 3.63) is 58.5 Å². The molecule has 1 fully saturated rings. The molecule has 2 aromatic carbocycles. The highest BCUT2D eigenvalue weighted by molar-refractivity contribution is 8.19. The van der Waals surface area contributed by atoms with Crippen LogP contribution in [0.2, 0.25) is 0 Å². The fourth-order valence-electron chi connectivity index (χ4n) is 3.49. The van der Waals surface area contributed by atoms with Crippen molar-refractivity contribution >= 4 is 38.9 Å². The number of carbonyl (C=O) groups is 1. The average molecular weight is 517 g/mol. The molecule has 35 heavy (non-hydrogen) atoms. The molecule has 1 saturated heterocycles. The Morgan fingerprint density at radius 1 is 1.03 bits per heavy atom. The van der Waals surface area contributed by atoms with Gasteiger partial charge in [-0.1, -0.05) is 44.9 Å². The van der Waals surface area contributed by atoms with Gasteiger partial charge < -0.3 is 9.47 Å². The van der Waals surface area contributed by atoms with E-state index in [0.29, 0.717) is 29.6 Å². The van der Waals surface area contributed by atoms with Crippen molar-refractivity contribution in [1.29, 1.82) is 0 Å². The van der Waals surface area contributed by atoms with Crippen LogP contribution < -0.4 is 9.47 Å². The molecule has 2 aromatic rings. The quantitative estimate of drug-likeness (QED) is 0.289. The van der Waals surface area contributed by atoms with E-state index in [1.165, 1.54) is 4.90 Å². The van der Waals surface area contributed by atoms with Crippen molar-refractivity contribution in [2.75, 3.05) is 20.3 Å². The Morgan fingerprint density at radius 2 is 1.77 bits per heavy atom. The zero-order valence-corrected chi connectivity index (χ0v) is 22.2. The summed E-state index contributed by atoms with van der Waals surface area (Å²) in [5, 5.41) is 0.146. The van der Waals surface area contributed by atoms with Crippen LogP contribution in [0.1, 0.15) is 51.2 Å². The summed E-state index contributed by atoms with van der Waals surface area (Å²) < 4.78 is 41.1. The summed E-state index contributed by atoms with van der Waals surface area (Å²) >= 11 is 1.05. The predicted octanol–water partition coefficient (Wildman–Crippen LogP) is 5.51. The molecule has 1 amide bonds. The molecule has 3 rings (SSSR count). The molecule has 0 aromatic heterocycles. The van der Waals surface area contributed by atoms with Crippen LogP contribution in [0.5, 0.6) is 11.5 Å². The third-order valence-corrected chi connectivity index (χ3v) is 7.93. The second-order valence-electron chi connectivity index (χ2n) is 7.97. The molecule has 0 unspecified atom stereocenters. The first-order valence-corrected chi connectivity index (χ1v) is 14.0. The van der Waals surface area contributed by atoms with Gasteiger partial charge in [-0.3, -0.25) is 9.69 Å². The molecular weight excluding hydrogens is 484 g/mol. The van der Waals surface area contributed by atoms with Crippen LogP contribution >= 0.6 is 11.8 Å². The second-order valence-corrected chi connectivity index (χ2v) is 10.6. The lowest BCUT2D eigenvalue weighted by atomic mass is 10.2. The predicted molar refractivity (Wildman–Crippen MR) is 141 cm³/mol. The molecular formula is C26H32N2O5S2. The Hall–Kier alpha value is -2.78. The Balaban J connectivity index is 1.87. The number of methoxy groups -OCH3 is 1. The summed E-state index contributed by atoms with van der Waals surface area (Å²) in [4.78, 5) is 14.9. The SMILES string of the molecule is CCCCCOc1cc(/C=C2\SC(=NS(=O)(=O)c3ccc(CC)cc3)N(CC)C2=O)ccc1OC. The largest absolute Gasteiger partial charge is 0.493 e. The van der Waals surface area contributed by atoms with Crippen molar-refractivity contribution < 1.29 is 22.7 Å². The monoisotopic (exact) mass is 516 g/mol. The fourth-order valence-corrected chi connectivity index (χ4v) is 5.73. The molecule has 0 atom stereocenters. The molecule has 0 saturated carbocycles. The van der Waals surface area contributed by atoms with Crippen LogP contribution in [0.25, 0.3) is 6.08 Å². The van der Waals surface area contributed by atoms with Gasteiger partial charge in [0.05, 0.1) is 23.5 Å². The number of sulfonamides is 1. The normalized spacial score (nSPS) is 16.3. The van der Waals surface area contributed by atoms with E-state index in [2.05, 4.69) is 11.3 Å². The van der Waals surface area contributed by atoms with E-state index in [1.54, 1.807) is 50.4 Å². The highest BCUT2D eigenvalue weighted by Gasteiger charge is 2.34. The first-order valence-electron chi connectivity index (χ1n) is 11.8. The van der Waals surface area contributed by atoms with Crippen molar-refractivity contribution in [2.45, 2.75) is 51.3 Å². The van der Waals surface area contributed by atoms with Crippen LogP contribution in [0.4, 0.5) is 0 Å². The van der Waals surface area contributed by atoms with Crippen LogP contribution in [0.15, 0.2) is 56.7 Å². The van der Waals surface area contributed by atoms with E-state index in [0.717, 1.165) is 48.6 Å². The second kappa shape index (κ2) is 12.3. The molecule has 188 valence electrons. The van der Waals surface area contributed by atoms with Crippen LogP contribution in [0, 0.1) is 0 Å². The smallest absolute Gasteiger partial charge is 0.284 e. The van der Waals surface area contributed by atoms with Crippen LogP contribution in [-0.4, -0.2) is 44.7 Å². The minimum Gasteiger partial charge on any atom is -0.493 e. The third-order valence-electron chi connectivity index (χ3n) is 5.52. The molecule has 9 heteroatoms. The molecule has 0 N–H and O–H groups in total. The van der Waals surface area contributed by atoms with E-state index in [-0.39, 0.29) is 16.0 Å². The van der Waals surface area contributed by atoms with Crippen molar-refractivity contribution in [2.24, 2.45) is 4.40 Å². The number of benzene rings is 2. The van der Waals surface area contributed by atoms with Gasteiger partial charge in [0.2, 0.25) is 0 Å². The van der Waals surface area contributed by atoms with E-state index in [9.17, 15) is 13.2 Å². The molecule has 7 nitrogen and oxygen atoms in total. The highest BCUT2D eigenvalue weighted by atomic mass is 32.2. The van der Waals surface area contributed by atoms with Gasteiger partial charge in [0.15, 0.2) is 16.7 Å². The van der Waals surface area contributed by atoms with Gasteiger partial charge in [0, 0.05) is 6.54 Å². The van der Waals surface area contributed by atoms with Gasteiger partial charge in [-0.25, -0.2) is 0 Å². The van der Waals surface area contributed by atoms with Crippen molar-refractivity contribution in [1.82, 2.24) is 4.90 Å². The summed E-state index contributed by atoms with van der Waals surface area (Å²) in [6.07, 6.45) is 5.66. The zero-order chi connectivity index (χ0) is 25.4. The number of hydrogen-bond donors (Lipinski definition) is 0. The molecule has 0 bridgehead atoms. The van der Waals surface area contributed by atoms with Gasteiger partial charge in [0.1, 0.15) is 0 Å². The lowest BCUT2D eigenvalue weighted by Gasteiger charge is -2.12. The maximum atomic E-state index is 13.0. The topological polar surface area (TPSA) is 85.3 Å². The van der Waals surface area contributed by atoms with Gasteiger partial charge in [-0.15, -0.1) is 4.40 Å². The van der Waals surface area contributed by atoms with E-state index in [1.807, 2.05) is 19.1 Å². The van der Waals surface area contributed by atoms with Gasteiger partial charge in [0.25, 0.3) is 15.9 Å². The fraction of sp³-hybridized carbons (Fsp3) is 0.385. The number of amidine groups is 1. The van der Waals surface area contributed by atoms with Gasteiger partial charge in [-0.2, -0.15) is 8.42 Å². The number of rotatable bonds is 11. The summed E-state index contributed by atoms with van der Waals surface area (Å²) in [5.41, 5.74) is 1.79. The molecule has 0 aliphatic carbocycles. The number of aryl methyl sites for hydroxylation is 1. The number of likely N-dealkylation sites (N-methyl/N-ethyl adjacent to an activating group) is 1. The molecule has 1 aliphatic heterocycles. The van der Waals surface area contributed by atoms with Gasteiger partial charge >= 0.3 is 0 Å². The Morgan fingerprint density at radius 3 is 2.40 bits per heavy atom. The Labute approximate surface area is 212 Å². The Kier molecular flexibility index (Phi) is 9.40. The summed E-state index contributed by atoms with van der Waals surface area (Å²) in [5.74, 6) is 0.938. The van der Waals surface area contributed by atoms with Crippen molar-refractivity contribution in [3.63, 3.8) is 0 Å². The summed E-state index contributed by atoms with van der Waals surface area (Å²) in [6.45, 7) is 6.81. The molecule has 0 spiro atoms. The number of nitrogens with zero attached hydrogens (tertiary/aromatic N) is 2. The van der Waals surface area contributed by atoms with Crippen LogP contribution in [0.3, 0.4) is 0 Å². The number of carbonyl (C=O) groups excluding carboxylic acids is 1. The number of ether oxygens (including phenoxy) is 2. The molecule has 0 radical (unpaired) electrons. The maximum Gasteiger partial charge on any atom is 0.284 e. The zero-order valence-electron chi connectivity index (χ0n) is 20.6. The lowest BCUT2D eigenvalue weighted by Crippen LogP contribution is -2.29. The number of hydrogen-bond acceptors (Lipinski definition) is 6. The third kappa shape index (κ3) is 6.67. The van der Waals surface area contributed by atoms with E-state index < -0.39 is 10.0 Å². The minimum atomic E-state index is -3.95. The minimum absolute atomic E-state index is 0.101. The maximum absolute atomic E-state index is 13.0. The first-order chi connectivity index (χ1) is 16.8. The first kappa shape index (κ1) is 26.8. The Bertz CT molecular complexity index is 1200. The van der Waals surface area contributed by atoms with Crippen LogP contribution in [-0.2, 0) is 21.2 Å². The highest BCUT2D eigenvalue weighted by Crippen LogP contribution is 2.35. The molecule has 1 heterocycles. The standard InChI is InChI=1S/C26H32N2O5S2/c1-5-8-9-16-33-23-17-20(12-15-22(23)32-4)18-24-25(29)28(7-3)26(34-24)27-35(30,31)21-13-10-19(6-2)11-14-21/h10-15,17-18H,5-9,16H2,1-4H3/b24-18-,27-26?. The average Bonchev–Trinajstić information content (AvgIpc) is 3.14. The summed E-state index contributed by atoms with van der Waals surface area (Å²) in [6, 6.07) is 12.1. The van der Waals surface area contributed by atoms with E-state index in [4.69, 9.17) is 9.47 Å². The number of amides is 1.